The number of aromatic nitrogens is 1. The first-order chi connectivity index (χ1) is 15.8. The van der Waals surface area contributed by atoms with Crippen LogP contribution in [-0.2, 0) is 19.9 Å². The summed E-state index contributed by atoms with van der Waals surface area (Å²) < 4.78 is 11.2. The lowest BCUT2D eigenvalue weighted by Crippen LogP contribution is -3.00. The number of anilines is 1. The summed E-state index contributed by atoms with van der Waals surface area (Å²) in [4.78, 5) is 25.8. The second kappa shape index (κ2) is 10.5. The van der Waals surface area contributed by atoms with Crippen molar-refractivity contribution in [1.82, 2.24) is 5.16 Å². The number of aryl methyl sites for hydroxylation is 1. The average Bonchev–Trinajstić information content (AvgIpc) is 3.38. The van der Waals surface area contributed by atoms with Crippen molar-refractivity contribution >= 4 is 17.7 Å². The van der Waals surface area contributed by atoms with Crippen LogP contribution in [-0.4, -0.2) is 59.4 Å². The highest BCUT2D eigenvalue weighted by Gasteiger charge is 2.45. The topological polar surface area (TPSA) is 102 Å². The number of likely N-dealkylation sites (N-methyl/N-ethyl adjacent to an activating group) is 1. The van der Waals surface area contributed by atoms with Gasteiger partial charge in [0, 0.05) is 12.5 Å². The van der Waals surface area contributed by atoms with Crippen molar-refractivity contribution in [3.05, 3.63) is 83.6 Å². The minimum atomic E-state index is -1.92. The van der Waals surface area contributed by atoms with Gasteiger partial charge in [-0.15, -0.1) is 0 Å². The van der Waals surface area contributed by atoms with E-state index in [0.29, 0.717) is 46.7 Å². The lowest BCUT2D eigenvalue weighted by molar-refractivity contribution is -0.890. The predicted octanol–water partition coefficient (Wildman–Crippen LogP) is -0.376. The third-order valence-corrected chi connectivity index (χ3v) is 6.01. The Labute approximate surface area is 208 Å². The molecule has 180 valence electrons. The number of aliphatic hydroxyl groups is 1. The molecule has 3 aromatic rings. The molecule has 1 amide bonds. The number of carbonyl (C=O) groups excluding carboxylic acids is 2. The van der Waals surface area contributed by atoms with Crippen molar-refractivity contribution < 1.29 is 45.4 Å². The summed E-state index contributed by atoms with van der Waals surface area (Å²) in [5.41, 5.74) is -1.03. The normalized spacial score (nSPS) is 19.8. The number of nitrogens with one attached hydrogen (secondary N) is 1. The van der Waals surface area contributed by atoms with Crippen LogP contribution in [0.1, 0.15) is 23.3 Å². The molecular weight excluding hydrogens is 502 g/mol. The van der Waals surface area contributed by atoms with Crippen LogP contribution in [0.4, 0.5) is 5.82 Å². The molecule has 2 heterocycles. The molecule has 9 heteroatoms. The molecule has 4 rings (SSSR count). The molecular formula is C25H28BrN3O5. The van der Waals surface area contributed by atoms with Crippen LogP contribution in [0.3, 0.4) is 0 Å². The van der Waals surface area contributed by atoms with Gasteiger partial charge in [-0.25, -0.2) is 4.79 Å². The maximum Gasteiger partial charge on any atom is 0.348 e. The first-order valence-corrected chi connectivity index (χ1v) is 10.9. The van der Waals surface area contributed by atoms with E-state index in [-0.39, 0.29) is 29.4 Å². The van der Waals surface area contributed by atoms with Gasteiger partial charge in [-0.05, 0) is 18.1 Å². The average molecular weight is 530 g/mol. The largest absolute Gasteiger partial charge is 1.00 e. The lowest BCUT2D eigenvalue weighted by atomic mass is 9.86. The Morgan fingerprint density at radius 1 is 1.15 bits per heavy atom. The molecule has 1 aromatic heterocycles. The highest BCUT2D eigenvalue weighted by atomic mass is 79.9. The number of carbonyl (C=O) groups is 2. The quantitative estimate of drug-likeness (QED) is 0.319. The Hall–Kier alpha value is -3.01. The van der Waals surface area contributed by atoms with Crippen LogP contribution in [0.15, 0.2) is 71.3 Å². The molecule has 34 heavy (non-hydrogen) atoms. The van der Waals surface area contributed by atoms with Crippen LogP contribution >= 0.6 is 0 Å². The summed E-state index contributed by atoms with van der Waals surface area (Å²) in [5.74, 6) is 0.0777. The van der Waals surface area contributed by atoms with E-state index in [9.17, 15) is 14.7 Å². The van der Waals surface area contributed by atoms with Gasteiger partial charge in [-0.3, -0.25) is 4.79 Å². The Balaban J connectivity index is 0.00000324. The molecule has 0 spiro atoms. The fourth-order valence-corrected chi connectivity index (χ4v) is 4.32. The van der Waals surface area contributed by atoms with Gasteiger partial charge in [-0.1, -0.05) is 65.8 Å². The Kier molecular flexibility index (Phi) is 7.91. The number of quaternary nitrogens is 1. The van der Waals surface area contributed by atoms with Crippen molar-refractivity contribution in [3.8, 4) is 0 Å². The molecule has 2 unspecified atom stereocenters. The van der Waals surface area contributed by atoms with Crippen LogP contribution in [0.5, 0.6) is 0 Å². The zero-order valence-electron chi connectivity index (χ0n) is 19.1. The summed E-state index contributed by atoms with van der Waals surface area (Å²) in [6.45, 7) is 3.10. The number of nitrogens with zero attached hydrogens (tertiary/aromatic N) is 2. The molecule has 2 N–H and O–H groups in total. The fraction of sp³-hybridized carbons (Fsp3) is 0.320. The van der Waals surface area contributed by atoms with E-state index in [1.807, 2.05) is 19.2 Å². The molecule has 0 saturated carbocycles. The maximum atomic E-state index is 13.3. The standard InChI is InChI=1S/C25H27N3O5.BrH/c1-18-15-22(27-33-18)26-23(29)17-28(2)14-13-21(16-28)32-24(30)25(31,19-9-5-3-6-10-19)20-11-7-4-8-12-20;/h3-12,15,21,31H,13-14,16-17H2,1-2H3;1H. The van der Waals surface area contributed by atoms with E-state index >= 15 is 0 Å². The number of rotatable bonds is 7. The third-order valence-electron chi connectivity index (χ3n) is 6.01. The van der Waals surface area contributed by atoms with Gasteiger partial charge in [0.15, 0.2) is 18.5 Å². The monoisotopic (exact) mass is 529 g/mol. The number of hydrogen-bond donors (Lipinski definition) is 2. The third kappa shape index (κ3) is 5.55. The second-order valence-electron chi connectivity index (χ2n) is 8.81. The molecule has 1 fully saturated rings. The van der Waals surface area contributed by atoms with E-state index in [4.69, 9.17) is 9.26 Å². The van der Waals surface area contributed by atoms with Gasteiger partial charge in [0.25, 0.3) is 5.91 Å². The molecule has 0 bridgehead atoms. The zero-order valence-corrected chi connectivity index (χ0v) is 20.7. The fourth-order valence-electron chi connectivity index (χ4n) is 4.32. The summed E-state index contributed by atoms with van der Waals surface area (Å²) in [6, 6.07) is 19.2. The van der Waals surface area contributed by atoms with Crippen LogP contribution in [0.25, 0.3) is 0 Å². The first kappa shape index (κ1) is 25.6. The van der Waals surface area contributed by atoms with Crippen LogP contribution in [0, 0.1) is 6.92 Å². The van der Waals surface area contributed by atoms with Gasteiger partial charge >= 0.3 is 5.97 Å². The van der Waals surface area contributed by atoms with Gasteiger partial charge in [0.05, 0.1) is 13.6 Å². The summed E-state index contributed by atoms with van der Waals surface area (Å²) in [7, 11) is 1.95. The maximum absolute atomic E-state index is 13.3. The number of halogens is 1. The number of amides is 1. The molecule has 1 aliphatic rings. The smallest absolute Gasteiger partial charge is 0.348 e. The van der Waals surface area contributed by atoms with Crippen molar-refractivity contribution in [1.29, 1.82) is 0 Å². The molecule has 2 aromatic carbocycles. The number of esters is 1. The van der Waals surface area contributed by atoms with E-state index in [1.165, 1.54) is 0 Å². The van der Waals surface area contributed by atoms with Crippen molar-refractivity contribution in [3.63, 3.8) is 0 Å². The first-order valence-electron chi connectivity index (χ1n) is 10.9. The van der Waals surface area contributed by atoms with Crippen molar-refractivity contribution in [2.75, 3.05) is 32.0 Å². The summed E-state index contributed by atoms with van der Waals surface area (Å²) in [5, 5.41) is 18.1. The van der Waals surface area contributed by atoms with Crippen molar-refractivity contribution in [2.24, 2.45) is 0 Å². The van der Waals surface area contributed by atoms with Crippen LogP contribution in [0.2, 0.25) is 0 Å². The zero-order chi connectivity index (χ0) is 23.5. The van der Waals surface area contributed by atoms with E-state index in [1.54, 1.807) is 61.5 Å². The Bertz CT molecular complexity index is 1080. The van der Waals surface area contributed by atoms with Gasteiger partial charge in [0.1, 0.15) is 12.3 Å². The number of benzene rings is 2. The Morgan fingerprint density at radius 3 is 2.26 bits per heavy atom. The molecule has 1 saturated heterocycles. The van der Waals surface area contributed by atoms with E-state index in [0.717, 1.165) is 0 Å². The van der Waals surface area contributed by atoms with Gasteiger partial charge < -0.3 is 41.1 Å². The van der Waals surface area contributed by atoms with Gasteiger partial charge in [0.2, 0.25) is 5.60 Å². The lowest BCUT2D eigenvalue weighted by Gasteiger charge is -2.30. The minimum absolute atomic E-state index is 0. The summed E-state index contributed by atoms with van der Waals surface area (Å²) >= 11 is 0. The molecule has 0 radical (unpaired) electrons. The van der Waals surface area contributed by atoms with Crippen LogP contribution < -0.4 is 22.3 Å². The van der Waals surface area contributed by atoms with E-state index < -0.39 is 17.7 Å². The number of likely N-dealkylation sites (tertiary alicyclic amines) is 1. The Morgan fingerprint density at radius 2 is 1.74 bits per heavy atom. The summed E-state index contributed by atoms with van der Waals surface area (Å²) in [6.07, 6.45) is 0.182. The molecule has 8 nitrogen and oxygen atoms in total. The molecule has 2 atom stereocenters. The molecule has 1 aliphatic heterocycles. The predicted molar refractivity (Wildman–Crippen MR) is 121 cm³/mol. The highest BCUT2D eigenvalue weighted by molar-refractivity contribution is 5.90. The highest BCUT2D eigenvalue weighted by Crippen LogP contribution is 2.32. The SMILES string of the molecule is Cc1cc(NC(=O)C[N+]2(C)CCC(OC(=O)C(O)(c3ccccc3)c3ccccc3)C2)no1.[Br-]. The molecule has 0 aliphatic carbocycles. The number of ether oxygens (including phenoxy) is 1. The van der Waals surface area contributed by atoms with Crippen molar-refractivity contribution in [2.45, 2.75) is 25.0 Å². The minimum Gasteiger partial charge on any atom is -1.00 e. The number of hydrogen-bond acceptors (Lipinski definition) is 6. The van der Waals surface area contributed by atoms with Gasteiger partial charge in [-0.2, -0.15) is 0 Å². The second-order valence-corrected chi connectivity index (χ2v) is 8.81. The van der Waals surface area contributed by atoms with E-state index in [2.05, 4.69) is 10.5 Å².